The Labute approximate surface area is 136 Å². The number of nitrogens with zero attached hydrogens (tertiary/aromatic N) is 6. The van der Waals surface area contributed by atoms with Crippen LogP contribution >= 0.6 is 0 Å². The van der Waals surface area contributed by atoms with Gasteiger partial charge in [0.05, 0.1) is 23.5 Å². The minimum atomic E-state index is -0.266. The third-order valence-corrected chi connectivity index (χ3v) is 3.67. The highest BCUT2D eigenvalue weighted by Crippen LogP contribution is 2.15. The number of H-pyrrole nitrogens is 1. The van der Waals surface area contributed by atoms with E-state index in [1.54, 1.807) is 35.4 Å². The van der Waals surface area contributed by atoms with Crippen molar-refractivity contribution in [2.75, 3.05) is 11.9 Å². The molecule has 0 aliphatic rings. The highest BCUT2D eigenvalue weighted by molar-refractivity contribution is 5.73. The molecule has 0 saturated carbocycles. The number of hydrogen-bond acceptors (Lipinski definition) is 5. The van der Waals surface area contributed by atoms with Crippen LogP contribution in [0.15, 0.2) is 49.1 Å². The maximum atomic E-state index is 13.0. The lowest BCUT2D eigenvalue weighted by Crippen LogP contribution is -2.18. The molecule has 3 aromatic heterocycles. The molecular weight excluding hydrogens is 309 g/mol. The van der Waals surface area contributed by atoms with Crippen molar-refractivity contribution in [2.24, 2.45) is 0 Å². The average molecular weight is 323 g/mol. The molecule has 3 heterocycles. The molecule has 0 radical (unpaired) electrons. The Kier molecular flexibility index (Phi) is 3.42. The van der Waals surface area contributed by atoms with Gasteiger partial charge in [-0.15, -0.1) is 0 Å². The second-order valence-corrected chi connectivity index (χ2v) is 5.47. The van der Waals surface area contributed by atoms with E-state index < -0.39 is 0 Å². The lowest BCUT2D eigenvalue weighted by molar-refractivity contribution is 0.627. The number of nitrogens with one attached hydrogen (secondary N) is 1. The van der Waals surface area contributed by atoms with E-state index in [-0.39, 0.29) is 5.82 Å². The van der Waals surface area contributed by atoms with E-state index >= 15 is 0 Å². The van der Waals surface area contributed by atoms with Gasteiger partial charge in [-0.2, -0.15) is 15.2 Å². The van der Waals surface area contributed by atoms with E-state index in [1.165, 1.54) is 12.1 Å². The summed E-state index contributed by atoms with van der Waals surface area (Å²) in [6, 6.07) is 6.20. The van der Waals surface area contributed by atoms with E-state index in [0.29, 0.717) is 18.1 Å². The topological polar surface area (TPSA) is 75.5 Å². The molecule has 4 rings (SSSR count). The maximum absolute atomic E-state index is 13.0. The van der Waals surface area contributed by atoms with Crippen LogP contribution in [0, 0.1) is 5.82 Å². The van der Waals surface area contributed by atoms with Crippen LogP contribution in [0.1, 0.15) is 5.56 Å². The van der Waals surface area contributed by atoms with Crippen LogP contribution in [0.4, 0.5) is 10.3 Å². The van der Waals surface area contributed by atoms with Gasteiger partial charge in [-0.3, -0.25) is 5.10 Å². The molecule has 0 atom stereocenters. The molecule has 0 aliphatic carbocycles. The molecule has 1 aromatic carbocycles. The van der Waals surface area contributed by atoms with Gasteiger partial charge < -0.3 is 4.90 Å². The van der Waals surface area contributed by atoms with Gasteiger partial charge in [0.2, 0.25) is 5.95 Å². The second-order valence-electron chi connectivity index (χ2n) is 5.47. The molecule has 0 aliphatic heterocycles. The van der Waals surface area contributed by atoms with Gasteiger partial charge in [-0.25, -0.2) is 14.1 Å². The van der Waals surface area contributed by atoms with E-state index in [4.69, 9.17) is 0 Å². The largest absolute Gasteiger partial charge is 0.339 e. The van der Waals surface area contributed by atoms with Gasteiger partial charge in [-0.1, -0.05) is 0 Å². The van der Waals surface area contributed by atoms with Gasteiger partial charge in [0, 0.05) is 31.5 Å². The Morgan fingerprint density at radius 1 is 1.17 bits per heavy atom. The summed E-state index contributed by atoms with van der Waals surface area (Å²) >= 11 is 0. The number of fused-ring (bicyclic) bond motifs is 1. The average Bonchev–Trinajstić information content (AvgIpc) is 3.24. The maximum Gasteiger partial charge on any atom is 0.227 e. The number of halogens is 1. The Balaban J connectivity index is 1.53. The summed E-state index contributed by atoms with van der Waals surface area (Å²) in [6.45, 7) is 0.598. The van der Waals surface area contributed by atoms with E-state index in [9.17, 15) is 4.39 Å². The third-order valence-electron chi connectivity index (χ3n) is 3.67. The lowest BCUT2D eigenvalue weighted by atomic mass is 10.3. The van der Waals surface area contributed by atoms with Gasteiger partial charge >= 0.3 is 0 Å². The minimum absolute atomic E-state index is 0.266. The first-order valence-electron chi connectivity index (χ1n) is 7.36. The number of anilines is 1. The van der Waals surface area contributed by atoms with Gasteiger partial charge in [0.15, 0.2) is 5.65 Å². The number of aromatic amines is 1. The first-order valence-corrected chi connectivity index (χ1v) is 7.36. The van der Waals surface area contributed by atoms with E-state index in [1.807, 2.05) is 18.1 Å². The van der Waals surface area contributed by atoms with Crippen LogP contribution in [-0.2, 0) is 6.54 Å². The number of rotatable bonds is 4. The normalized spacial score (nSPS) is 11.1. The van der Waals surface area contributed by atoms with Crippen LogP contribution in [0.5, 0.6) is 0 Å². The summed E-state index contributed by atoms with van der Waals surface area (Å²) in [5, 5.41) is 12.0. The molecule has 8 heteroatoms. The van der Waals surface area contributed by atoms with Crippen molar-refractivity contribution in [1.29, 1.82) is 0 Å². The van der Waals surface area contributed by atoms with E-state index in [2.05, 4.69) is 25.3 Å². The molecule has 24 heavy (non-hydrogen) atoms. The molecule has 0 amide bonds. The molecule has 120 valence electrons. The van der Waals surface area contributed by atoms with Gasteiger partial charge in [0.1, 0.15) is 5.82 Å². The predicted octanol–water partition coefficient (Wildman–Crippen LogP) is 2.31. The van der Waals surface area contributed by atoms with Crippen molar-refractivity contribution in [3.63, 3.8) is 0 Å². The number of benzene rings is 1. The number of hydrogen-bond donors (Lipinski definition) is 1. The van der Waals surface area contributed by atoms with Crippen molar-refractivity contribution < 1.29 is 4.39 Å². The van der Waals surface area contributed by atoms with E-state index in [0.717, 1.165) is 16.6 Å². The van der Waals surface area contributed by atoms with Crippen molar-refractivity contribution in [3.8, 4) is 5.69 Å². The summed E-state index contributed by atoms with van der Waals surface area (Å²) in [7, 11) is 1.91. The third kappa shape index (κ3) is 2.69. The van der Waals surface area contributed by atoms with Crippen molar-refractivity contribution >= 4 is 17.0 Å². The van der Waals surface area contributed by atoms with Crippen molar-refractivity contribution in [3.05, 3.63) is 60.4 Å². The number of aromatic nitrogens is 6. The van der Waals surface area contributed by atoms with Crippen LogP contribution in [-0.4, -0.2) is 37.0 Å². The molecule has 1 N–H and O–H groups in total. The molecule has 0 bridgehead atoms. The molecule has 0 saturated heterocycles. The summed E-state index contributed by atoms with van der Waals surface area (Å²) in [4.78, 5) is 10.7. The molecule has 0 unspecified atom stereocenters. The highest BCUT2D eigenvalue weighted by atomic mass is 19.1. The zero-order valence-electron chi connectivity index (χ0n) is 12.9. The van der Waals surface area contributed by atoms with Crippen molar-refractivity contribution in [2.45, 2.75) is 6.54 Å². The molecule has 0 fully saturated rings. The van der Waals surface area contributed by atoms with Crippen LogP contribution in [0.2, 0.25) is 0 Å². The standard InChI is InChI=1S/C16H14FN7/c1-23(16-18-7-12-8-19-22-15(12)21-16)9-11-6-20-24(10-11)14-4-2-13(17)3-5-14/h2-8,10H,9H2,1H3,(H,18,19,21,22). The SMILES string of the molecule is CN(Cc1cnn(-c2ccc(F)cc2)c1)c1ncc2cn[nH]c2n1. The predicted molar refractivity (Wildman–Crippen MR) is 87.3 cm³/mol. The van der Waals surface area contributed by atoms with Crippen LogP contribution < -0.4 is 4.90 Å². The molecule has 7 nitrogen and oxygen atoms in total. The molecular formula is C16H14FN7. The fourth-order valence-corrected chi connectivity index (χ4v) is 2.43. The zero-order chi connectivity index (χ0) is 16.5. The monoisotopic (exact) mass is 323 g/mol. The highest BCUT2D eigenvalue weighted by Gasteiger charge is 2.09. The second kappa shape index (κ2) is 5.73. The first kappa shape index (κ1) is 14.3. The zero-order valence-corrected chi connectivity index (χ0v) is 12.9. The summed E-state index contributed by atoms with van der Waals surface area (Å²) in [6.07, 6.45) is 7.10. The van der Waals surface area contributed by atoms with Crippen LogP contribution in [0.25, 0.3) is 16.7 Å². The van der Waals surface area contributed by atoms with Crippen LogP contribution in [0.3, 0.4) is 0 Å². The first-order chi connectivity index (χ1) is 11.7. The fourth-order valence-electron chi connectivity index (χ4n) is 2.43. The van der Waals surface area contributed by atoms with Gasteiger partial charge in [0.25, 0.3) is 0 Å². The minimum Gasteiger partial charge on any atom is -0.339 e. The summed E-state index contributed by atoms with van der Waals surface area (Å²) in [5.74, 6) is 0.332. The van der Waals surface area contributed by atoms with Crippen molar-refractivity contribution in [1.82, 2.24) is 29.9 Å². The molecule has 4 aromatic rings. The quantitative estimate of drug-likeness (QED) is 0.624. The lowest BCUT2D eigenvalue weighted by Gasteiger charge is -2.15. The Morgan fingerprint density at radius 3 is 2.83 bits per heavy atom. The van der Waals surface area contributed by atoms with Gasteiger partial charge in [-0.05, 0) is 24.3 Å². The fraction of sp³-hybridized carbons (Fsp3) is 0.125. The Morgan fingerprint density at radius 2 is 2.00 bits per heavy atom. The summed E-state index contributed by atoms with van der Waals surface area (Å²) in [5.41, 5.74) is 2.50. The summed E-state index contributed by atoms with van der Waals surface area (Å²) < 4.78 is 14.7. The Bertz CT molecular complexity index is 973. The smallest absolute Gasteiger partial charge is 0.227 e. The molecule has 0 spiro atoms. The Hall–Kier alpha value is -3.29.